The lowest BCUT2D eigenvalue weighted by Gasteiger charge is -2.20. The van der Waals surface area contributed by atoms with Gasteiger partial charge in [0.2, 0.25) is 0 Å². The minimum absolute atomic E-state index is 0.0720. The normalized spacial score (nSPS) is 15.1. The average Bonchev–Trinajstić information content (AvgIpc) is 3.91. The average molecular weight is 828 g/mol. The van der Waals surface area contributed by atoms with E-state index in [1.165, 1.54) is 6.07 Å². The second-order valence-electron chi connectivity index (χ2n) is 15.9. The summed E-state index contributed by atoms with van der Waals surface area (Å²) >= 11 is 0. The Kier molecular flexibility index (Phi) is 6.15. The number of nitrogens with zero attached hydrogens (tertiary/aromatic N) is 4. The van der Waals surface area contributed by atoms with Crippen LogP contribution in [-0.2, 0) is 5.41 Å². The van der Waals surface area contributed by atoms with Crippen LogP contribution in [0.25, 0.3) is 83.4 Å². The minimum Gasteiger partial charge on any atom is -0.457 e. The summed E-state index contributed by atoms with van der Waals surface area (Å²) in [5.74, 6) is 1.04. The minimum atomic E-state index is -0.611. The first-order chi connectivity index (χ1) is 37.1. The first-order valence-electron chi connectivity index (χ1n) is 27.7. The van der Waals surface area contributed by atoms with Crippen molar-refractivity contribution in [3.05, 3.63) is 224 Å². The summed E-state index contributed by atoms with van der Waals surface area (Å²) in [6, 6.07) is 25.9. The standard InChI is InChI=1S/C58H44N4O/c1-58(2,3)43-33-34-59-56(35-43)62-51-30-14-13-27-48(51)50-37-49(42-23-11-6-12-24-42)55(38-54(50)62)63-45-26-17-25-44(36-45)60-39-61(53-32-16-15-31-52(53)60)57-46(40-19-7-4-8-20-40)28-18-29-47(57)41-21-9-5-10-22-41/h4-38H,1-3H3/i4D,5D,6D,7D,8D,9D,10D,11D,12D,19D,20D,21D,22D,23D,24D. The fourth-order valence-electron chi connectivity index (χ4n) is 8.10. The molecular formula is C58H44N4O. The van der Waals surface area contributed by atoms with Crippen molar-refractivity contribution in [3.8, 4) is 62.1 Å². The molecule has 5 nitrogen and oxygen atoms in total. The molecule has 3 heterocycles. The van der Waals surface area contributed by atoms with Crippen molar-refractivity contribution in [1.29, 1.82) is 0 Å². The highest BCUT2D eigenvalue weighted by molar-refractivity contribution is 6.11. The molecule has 0 aliphatic carbocycles. The monoisotopic (exact) mass is 827 g/mol. The van der Waals surface area contributed by atoms with Gasteiger partial charge in [0.25, 0.3) is 6.33 Å². The van der Waals surface area contributed by atoms with Crippen molar-refractivity contribution < 1.29 is 29.9 Å². The van der Waals surface area contributed by atoms with E-state index < -0.39 is 90.6 Å². The number of benzene rings is 8. The highest BCUT2D eigenvalue weighted by Gasteiger charge is 2.22. The Morgan fingerprint density at radius 3 is 1.87 bits per heavy atom. The first kappa shape index (κ1) is 25.0. The molecule has 63 heavy (non-hydrogen) atoms. The van der Waals surface area contributed by atoms with Gasteiger partial charge in [0, 0.05) is 28.6 Å². The molecule has 0 fully saturated rings. The van der Waals surface area contributed by atoms with Crippen LogP contribution in [0.4, 0.5) is 0 Å². The Morgan fingerprint density at radius 1 is 0.571 bits per heavy atom. The Hall–Kier alpha value is -8.02. The molecule has 5 heteroatoms. The zero-order valence-corrected chi connectivity index (χ0v) is 34.2. The van der Waals surface area contributed by atoms with E-state index in [4.69, 9.17) is 30.3 Å². The summed E-state index contributed by atoms with van der Waals surface area (Å²) in [5, 5.41) is 1.53. The molecule has 0 atom stereocenters. The van der Waals surface area contributed by atoms with E-state index in [0.29, 0.717) is 33.4 Å². The van der Waals surface area contributed by atoms with Crippen molar-refractivity contribution >= 4 is 32.8 Å². The van der Waals surface area contributed by atoms with Gasteiger partial charge in [-0.2, -0.15) is 0 Å². The maximum atomic E-state index is 9.14. The molecule has 0 bridgehead atoms. The van der Waals surface area contributed by atoms with E-state index in [-0.39, 0.29) is 56.0 Å². The zero-order chi connectivity index (χ0) is 55.5. The second kappa shape index (κ2) is 15.5. The van der Waals surface area contributed by atoms with E-state index in [1.807, 2.05) is 41.0 Å². The van der Waals surface area contributed by atoms with E-state index in [0.717, 1.165) is 16.5 Å². The molecule has 0 saturated carbocycles. The highest BCUT2D eigenvalue weighted by Crippen LogP contribution is 2.42. The van der Waals surface area contributed by atoms with Crippen molar-refractivity contribution in [2.24, 2.45) is 0 Å². The van der Waals surface area contributed by atoms with Gasteiger partial charge >= 0.3 is 0 Å². The second-order valence-corrected chi connectivity index (χ2v) is 15.9. The lowest BCUT2D eigenvalue weighted by atomic mass is 9.88. The number of rotatable bonds is 8. The Bertz CT molecular complexity index is 4200. The molecule has 0 unspecified atom stereocenters. The quantitative estimate of drug-likeness (QED) is 0.113. The Balaban J connectivity index is 1.15. The van der Waals surface area contributed by atoms with Crippen LogP contribution in [0.15, 0.2) is 212 Å². The molecule has 8 aromatic carbocycles. The summed E-state index contributed by atoms with van der Waals surface area (Å²) in [7, 11) is 0. The molecule has 0 aliphatic rings. The van der Waals surface area contributed by atoms with Gasteiger partial charge in [-0.25, -0.2) is 4.98 Å². The van der Waals surface area contributed by atoms with E-state index >= 15 is 0 Å². The van der Waals surface area contributed by atoms with Crippen LogP contribution in [0.5, 0.6) is 11.5 Å². The number of pyridine rings is 1. The van der Waals surface area contributed by atoms with Crippen molar-refractivity contribution in [3.63, 3.8) is 0 Å². The van der Waals surface area contributed by atoms with Gasteiger partial charge in [0.1, 0.15) is 17.3 Å². The fourth-order valence-corrected chi connectivity index (χ4v) is 8.10. The largest absolute Gasteiger partial charge is 0.457 e. The van der Waals surface area contributed by atoms with E-state index in [1.54, 1.807) is 88.1 Å². The number of fused-ring (bicyclic) bond motifs is 4. The SMILES string of the molecule is [2H]c1c([2H])c([2H])c(-c2cc3c4ccccc4n(-c4cc(C(C)(C)C)ccn4)c3cc2Oc2cccc(-n3[c-][n+](-c4c(-c5c([2H])c([2H])c([2H])c([2H])c5[2H])cccc4-c4c([2H])c([2H])c([2H])c([2H])c4[2H])c4ccccc43)c2)c([2H])c1[2H]. The first-order valence-corrected chi connectivity index (χ1v) is 20.2. The van der Waals surface area contributed by atoms with Crippen LogP contribution in [-0.4, -0.2) is 14.1 Å². The van der Waals surface area contributed by atoms with Crippen LogP contribution in [0.1, 0.15) is 46.9 Å². The van der Waals surface area contributed by atoms with Crippen molar-refractivity contribution in [2.75, 3.05) is 0 Å². The van der Waals surface area contributed by atoms with Crippen molar-refractivity contribution in [2.45, 2.75) is 26.2 Å². The third-order valence-corrected chi connectivity index (χ3v) is 11.0. The van der Waals surface area contributed by atoms with Crippen LogP contribution < -0.4 is 9.30 Å². The topological polar surface area (TPSA) is 35.9 Å². The summed E-state index contributed by atoms with van der Waals surface area (Å²) in [5.41, 5.74) is 3.81. The molecule has 0 radical (unpaired) electrons. The molecule has 0 aliphatic heterocycles. The van der Waals surface area contributed by atoms with E-state index in [2.05, 4.69) is 27.1 Å². The number of para-hydroxylation sites is 4. The maximum Gasteiger partial charge on any atom is 0.269 e. The van der Waals surface area contributed by atoms with Crippen LogP contribution >= 0.6 is 0 Å². The van der Waals surface area contributed by atoms with Gasteiger partial charge in [-0.1, -0.05) is 178 Å². The van der Waals surface area contributed by atoms with Crippen LogP contribution in [0, 0.1) is 6.33 Å². The number of imidazole rings is 1. The molecule has 3 aromatic heterocycles. The predicted octanol–water partition coefficient (Wildman–Crippen LogP) is 14.3. The highest BCUT2D eigenvalue weighted by atomic mass is 16.5. The number of hydrogen-bond donors (Lipinski definition) is 0. The van der Waals surface area contributed by atoms with Gasteiger partial charge in [-0.05, 0) is 81.3 Å². The molecule has 11 rings (SSSR count). The summed E-state index contributed by atoms with van der Waals surface area (Å²) in [6.45, 7) is 6.34. The molecule has 0 amide bonds. The molecule has 302 valence electrons. The number of ether oxygens (including phenoxy) is 1. The smallest absolute Gasteiger partial charge is 0.269 e. The molecule has 0 N–H and O–H groups in total. The van der Waals surface area contributed by atoms with Gasteiger partial charge in [-0.3, -0.25) is 13.7 Å². The third-order valence-electron chi connectivity index (χ3n) is 11.0. The van der Waals surface area contributed by atoms with E-state index in [9.17, 15) is 0 Å². The van der Waals surface area contributed by atoms with Gasteiger partial charge in [0.15, 0.2) is 0 Å². The van der Waals surface area contributed by atoms with Crippen LogP contribution in [0.3, 0.4) is 0 Å². The Morgan fingerprint density at radius 2 is 1.19 bits per heavy atom. The maximum absolute atomic E-state index is 9.14. The van der Waals surface area contributed by atoms with Gasteiger partial charge in [0.05, 0.1) is 54.0 Å². The van der Waals surface area contributed by atoms with Gasteiger partial charge < -0.3 is 4.74 Å². The lowest BCUT2D eigenvalue weighted by Crippen LogP contribution is -2.31. The van der Waals surface area contributed by atoms with Crippen molar-refractivity contribution in [1.82, 2.24) is 14.1 Å². The fraction of sp³-hybridized carbons (Fsp3) is 0.0690. The number of aromatic nitrogens is 4. The third kappa shape index (κ3) is 6.84. The predicted molar refractivity (Wildman–Crippen MR) is 257 cm³/mol. The summed E-state index contributed by atoms with van der Waals surface area (Å²) < 4.78 is 144. The molecule has 11 aromatic rings. The summed E-state index contributed by atoms with van der Waals surface area (Å²) in [4.78, 5) is 4.83. The molecule has 0 saturated heterocycles. The van der Waals surface area contributed by atoms with Crippen LogP contribution in [0.2, 0.25) is 0 Å². The lowest BCUT2D eigenvalue weighted by molar-refractivity contribution is -0.571. The molecular weight excluding hydrogens is 769 g/mol. The van der Waals surface area contributed by atoms with Gasteiger partial charge in [-0.15, -0.1) is 0 Å². The molecule has 0 spiro atoms. The zero-order valence-electron chi connectivity index (χ0n) is 49.2. The summed E-state index contributed by atoms with van der Waals surface area (Å²) in [6.07, 6.45) is 5.16. The Labute approximate surface area is 388 Å². The number of hydrogen-bond acceptors (Lipinski definition) is 2.